The first kappa shape index (κ1) is 17.6. The molecule has 1 aromatic heterocycles. The van der Waals surface area contributed by atoms with Crippen molar-refractivity contribution >= 4 is 17.5 Å². The van der Waals surface area contributed by atoms with E-state index in [0.717, 1.165) is 23.2 Å². The third-order valence-electron chi connectivity index (χ3n) is 4.24. The molecular formula is C18H21ClN4O2. The summed E-state index contributed by atoms with van der Waals surface area (Å²) in [5.41, 5.74) is 3.22. The number of ether oxygens (including phenoxy) is 1. The van der Waals surface area contributed by atoms with Crippen LogP contribution in [0.3, 0.4) is 0 Å². The second-order valence-corrected chi connectivity index (χ2v) is 6.46. The van der Waals surface area contributed by atoms with E-state index in [9.17, 15) is 4.79 Å². The lowest BCUT2D eigenvalue weighted by atomic mass is 10.1. The third-order valence-corrected chi connectivity index (χ3v) is 4.74. The summed E-state index contributed by atoms with van der Waals surface area (Å²) in [6, 6.07) is 5.99. The third kappa shape index (κ3) is 4.08. The maximum Gasteiger partial charge on any atom is 0.237 e. The normalized spacial score (nSPS) is 16.8. The highest BCUT2D eigenvalue weighted by Gasteiger charge is 2.20. The predicted octanol–water partition coefficient (Wildman–Crippen LogP) is 2.48. The molecule has 1 fully saturated rings. The topological polar surface area (TPSA) is 76.1 Å². The van der Waals surface area contributed by atoms with Crippen molar-refractivity contribution in [3.63, 3.8) is 0 Å². The number of halogens is 1. The van der Waals surface area contributed by atoms with Crippen LogP contribution in [-0.2, 0) is 11.3 Å². The fourth-order valence-corrected chi connectivity index (χ4v) is 3.07. The van der Waals surface area contributed by atoms with Crippen molar-refractivity contribution in [2.45, 2.75) is 32.4 Å². The van der Waals surface area contributed by atoms with Crippen molar-refractivity contribution in [3.05, 3.63) is 40.7 Å². The standard InChI is InChI=1S/C18H21ClN4O2/c1-11-4-3-5-13(17(11)19)14-10-21-15(18(23-14)25-2)9-20-8-12-6-7-16(24)22-12/h3-5,10,12,20H,6-9H2,1-2H3,(H,22,24)/t12-/m0/s1. The molecule has 0 bridgehead atoms. The molecule has 132 valence electrons. The molecule has 1 aliphatic heterocycles. The Kier molecular flexibility index (Phi) is 5.50. The maximum absolute atomic E-state index is 11.2. The van der Waals surface area contributed by atoms with Crippen LogP contribution in [0.5, 0.6) is 5.88 Å². The highest BCUT2D eigenvalue weighted by atomic mass is 35.5. The Hall–Kier alpha value is -2.18. The lowest BCUT2D eigenvalue weighted by molar-refractivity contribution is -0.119. The zero-order chi connectivity index (χ0) is 17.8. The number of aromatic nitrogens is 2. The fraction of sp³-hybridized carbons (Fsp3) is 0.389. The second-order valence-electron chi connectivity index (χ2n) is 6.08. The molecule has 1 saturated heterocycles. The zero-order valence-electron chi connectivity index (χ0n) is 14.3. The summed E-state index contributed by atoms with van der Waals surface area (Å²) in [4.78, 5) is 20.2. The minimum Gasteiger partial charge on any atom is -0.480 e. The molecule has 1 aliphatic rings. The first-order valence-electron chi connectivity index (χ1n) is 8.24. The number of aryl methyl sites for hydroxylation is 1. The van der Waals surface area contributed by atoms with Gasteiger partial charge < -0.3 is 15.4 Å². The van der Waals surface area contributed by atoms with Gasteiger partial charge in [-0.2, -0.15) is 0 Å². The van der Waals surface area contributed by atoms with Crippen molar-refractivity contribution in [1.82, 2.24) is 20.6 Å². The molecule has 0 aliphatic carbocycles. The molecule has 2 heterocycles. The van der Waals surface area contributed by atoms with Crippen LogP contribution in [0.15, 0.2) is 24.4 Å². The number of hydrogen-bond acceptors (Lipinski definition) is 5. The Morgan fingerprint density at radius 2 is 2.28 bits per heavy atom. The Morgan fingerprint density at radius 1 is 1.44 bits per heavy atom. The summed E-state index contributed by atoms with van der Waals surface area (Å²) in [6.07, 6.45) is 3.17. The maximum atomic E-state index is 11.2. The highest BCUT2D eigenvalue weighted by Crippen LogP contribution is 2.30. The molecule has 1 aromatic carbocycles. The summed E-state index contributed by atoms with van der Waals surface area (Å²) in [5.74, 6) is 0.585. The van der Waals surface area contributed by atoms with E-state index in [1.807, 2.05) is 25.1 Å². The van der Waals surface area contributed by atoms with Crippen molar-refractivity contribution in [2.75, 3.05) is 13.7 Å². The molecule has 2 aromatic rings. The monoisotopic (exact) mass is 360 g/mol. The van der Waals surface area contributed by atoms with Crippen LogP contribution in [0, 0.1) is 6.92 Å². The summed E-state index contributed by atoms with van der Waals surface area (Å²) < 4.78 is 5.39. The van der Waals surface area contributed by atoms with E-state index >= 15 is 0 Å². The molecular weight excluding hydrogens is 340 g/mol. The van der Waals surface area contributed by atoms with Gasteiger partial charge in [0.15, 0.2) is 0 Å². The molecule has 3 rings (SSSR count). The Morgan fingerprint density at radius 3 is 3.00 bits per heavy atom. The second kappa shape index (κ2) is 7.80. The number of carbonyl (C=O) groups excluding carboxylic acids is 1. The smallest absolute Gasteiger partial charge is 0.237 e. The van der Waals surface area contributed by atoms with Gasteiger partial charge in [0.2, 0.25) is 11.8 Å². The number of nitrogens with zero attached hydrogens (tertiary/aromatic N) is 2. The first-order chi connectivity index (χ1) is 12.1. The molecule has 6 nitrogen and oxygen atoms in total. The lowest BCUT2D eigenvalue weighted by Gasteiger charge is -2.13. The summed E-state index contributed by atoms with van der Waals surface area (Å²) in [7, 11) is 1.58. The van der Waals surface area contributed by atoms with E-state index in [1.54, 1.807) is 13.3 Å². The molecule has 0 saturated carbocycles. The number of hydrogen-bond donors (Lipinski definition) is 2. The van der Waals surface area contributed by atoms with Gasteiger partial charge in [-0.25, -0.2) is 4.98 Å². The first-order valence-corrected chi connectivity index (χ1v) is 8.61. The Balaban J connectivity index is 1.71. The van der Waals surface area contributed by atoms with E-state index in [2.05, 4.69) is 20.6 Å². The van der Waals surface area contributed by atoms with E-state index < -0.39 is 0 Å². The van der Waals surface area contributed by atoms with Crippen molar-refractivity contribution in [3.8, 4) is 17.1 Å². The molecule has 25 heavy (non-hydrogen) atoms. The average molecular weight is 361 g/mol. The Labute approximate surface area is 152 Å². The van der Waals surface area contributed by atoms with Gasteiger partial charge in [0.1, 0.15) is 5.69 Å². The minimum absolute atomic E-state index is 0.114. The van der Waals surface area contributed by atoms with Crippen molar-refractivity contribution in [1.29, 1.82) is 0 Å². The van der Waals surface area contributed by atoms with E-state index in [0.29, 0.717) is 36.1 Å². The molecule has 0 unspecified atom stereocenters. The minimum atomic E-state index is 0.114. The van der Waals surface area contributed by atoms with Crippen LogP contribution in [0.25, 0.3) is 11.3 Å². The van der Waals surface area contributed by atoms with E-state index in [1.165, 1.54) is 0 Å². The summed E-state index contributed by atoms with van der Waals surface area (Å²) in [6.45, 7) is 3.17. The fourth-order valence-electron chi connectivity index (χ4n) is 2.85. The molecule has 1 atom stereocenters. The van der Waals surface area contributed by atoms with Gasteiger partial charge in [0.05, 0.1) is 24.0 Å². The highest BCUT2D eigenvalue weighted by molar-refractivity contribution is 6.34. The SMILES string of the molecule is COc1nc(-c2cccc(C)c2Cl)cnc1CNC[C@@H]1CCC(=O)N1. The van der Waals surface area contributed by atoms with E-state index in [4.69, 9.17) is 16.3 Å². The zero-order valence-corrected chi connectivity index (χ0v) is 15.1. The summed E-state index contributed by atoms with van der Waals surface area (Å²) in [5, 5.41) is 6.89. The Bertz CT molecular complexity index is 782. The van der Waals surface area contributed by atoms with E-state index in [-0.39, 0.29) is 11.9 Å². The number of rotatable bonds is 6. The molecule has 7 heteroatoms. The predicted molar refractivity (Wildman–Crippen MR) is 96.6 cm³/mol. The van der Waals surface area contributed by atoms with Crippen LogP contribution < -0.4 is 15.4 Å². The summed E-state index contributed by atoms with van der Waals surface area (Å²) >= 11 is 6.38. The number of nitrogens with one attached hydrogen (secondary N) is 2. The van der Waals surface area contributed by atoms with Crippen LogP contribution in [0.1, 0.15) is 24.1 Å². The van der Waals surface area contributed by atoms with Gasteiger partial charge in [-0.1, -0.05) is 29.8 Å². The largest absolute Gasteiger partial charge is 0.480 e. The van der Waals surface area contributed by atoms with Gasteiger partial charge in [-0.05, 0) is 18.9 Å². The van der Waals surface area contributed by atoms with Crippen molar-refractivity contribution in [2.24, 2.45) is 0 Å². The number of methoxy groups -OCH3 is 1. The van der Waals surface area contributed by atoms with Crippen LogP contribution in [0.2, 0.25) is 5.02 Å². The quantitative estimate of drug-likeness (QED) is 0.827. The molecule has 0 radical (unpaired) electrons. The lowest BCUT2D eigenvalue weighted by Crippen LogP contribution is -2.35. The molecule has 0 spiro atoms. The molecule has 1 amide bonds. The van der Waals surface area contributed by atoms with Gasteiger partial charge >= 0.3 is 0 Å². The van der Waals surface area contributed by atoms with Gasteiger partial charge in [0.25, 0.3) is 0 Å². The molecule has 2 N–H and O–H groups in total. The van der Waals surface area contributed by atoms with Crippen molar-refractivity contribution < 1.29 is 9.53 Å². The number of benzene rings is 1. The van der Waals surface area contributed by atoms with Crippen LogP contribution >= 0.6 is 11.6 Å². The van der Waals surface area contributed by atoms with Gasteiger partial charge in [-0.15, -0.1) is 0 Å². The average Bonchev–Trinajstić information content (AvgIpc) is 3.03. The number of amides is 1. The number of carbonyl (C=O) groups is 1. The van der Waals surface area contributed by atoms with Gasteiger partial charge in [0, 0.05) is 31.1 Å². The van der Waals surface area contributed by atoms with Crippen LogP contribution in [-0.4, -0.2) is 35.6 Å². The van der Waals surface area contributed by atoms with Crippen LogP contribution in [0.4, 0.5) is 0 Å². The van der Waals surface area contributed by atoms with Gasteiger partial charge in [-0.3, -0.25) is 9.78 Å².